The molecule has 0 aliphatic heterocycles. The van der Waals surface area contributed by atoms with Crippen molar-refractivity contribution in [3.63, 3.8) is 0 Å². The average Bonchev–Trinajstić information content (AvgIpc) is 2.80. The van der Waals surface area contributed by atoms with E-state index in [1.165, 1.54) is 0 Å². The number of hydrogen-bond acceptors (Lipinski definition) is 5. The molecule has 0 unspecified atom stereocenters. The molecule has 2 aromatic heterocycles. The summed E-state index contributed by atoms with van der Waals surface area (Å²) in [5.74, 6) is -0.260. The van der Waals surface area contributed by atoms with Gasteiger partial charge in [-0.3, -0.25) is 0 Å². The van der Waals surface area contributed by atoms with Crippen LogP contribution in [0.15, 0.2) is 0 Å². The Balaban J connectivity index is 2.40. The molecule has 0 saturated carbocycles. The van der Waals surface area contributed by atoms with Crippen LogP contribution < -0.4 is 0 Å². The second-order valence-electron chi connectivity index (χ2n) is 3.58. The standard InChI is InChI=1S/C10H6N2O2SSe/c1-3-5-6(4(2)16-3)10(14)8-7(9(5)13)11-15-12-8/h1-2H3. The molecule has 4 nitrogen and oxygen atoms in total. The van der Waals surface area contributed by atoms with Gasteiger partial charge in [-0.05, 0) is 0 Å². The Bertz CT molecular complexity index is 590. The molecular formula is C10H6N2O2SSe. The summed E-state index contributed by atoms with van der Waals surface area (Å²) in [5, 5.41) is 0. The van der Waals surface area contributed by atoms with Gasteiger partial charge in [0.2, 0.25) is 0 Å². The molecular weight excluding hydrogens is 291 g/mol. The Morgan fingerprint density at radius 2 is 1.38 bits per heavy atom. The number of aromatic nitrogens is 2. The van der Waals surface area contributed by atoms with Gasteiger partial charge in [-0.15, -0.1) is 0 Å². The fourth-order valence-corrected chi connectivity index (χ4v) is 4.71. The first-order valence-electron chi connectivity index (χ1n) is 4.63. The van der Waals surface area contributed by atoms with Crippen molar-refractivity contribution in [3.05, 3.63) is 31.4 Å². The van der Waals surface area contributed by atoms with E-state index in [9.17, 15) is 9.59 Å². The van der Waals surface area contributed by atoms with Gasteiger partial charge in [0, 0.05) is 0 Å². The molecule has 0 atom stereocenters. The van der Waals surface area contributed by atoms with Crippen molar-refractivity contribution in [2.45, 2.75) is 13.8 Å². The van der Waals surface area contributed by atoms with Crippen LogP contribution in [0.1, 0.15) is 41.0 Å². The zero-order valence-corrected chi connectivity index (χ0v) is 11.1. The summed E-state index contributed by atoms with van der Waals surface area (Å²) in [6.45, 7) is 3.84. The van der Waals surface area contributed by atoms with E-state index in [0.717, 1.165) is 20.6 Å². The number of carbonyl (C=O) groups excluding carboxylic acids is 2. The predicted octanol–water partition coefficient (Wildman–Crippen LogP) is 0.987. The van der Waals surface area contributed by atoms with E-state index < -0.39 is 0 Å². The zero-order valence-electron chi connectivity index (χ0n) is 8.53. The summed E-state index contributed by atoms with van der Waals surface area (Å²) in [5.41, 5.74) is 1.64. The molecule has 0 radical (unpaired) electrons. The summed E-state index contributed by atoms with van der Waals surface area (Å²) in [7, 11) is 0. The van der Waals surface area contributed by atoms with Gasteiger partial charge in [0.05, 0.1) is 0 Å². The molecule has 80 valence electrons. The van der Waals surface area contributed by atoms with Crippen LogP contribution in [0.25, 0.3) is 0 Å². The monoisotopic (exact) mass is 298 g/mol. The van der Waals surface area contributed by atoms with Crippen LogP contribution in [-0.4, -0.2) is 34.8 Å². The van der Waals surface area contributed by atoms with Gasteiger partial charge in [0.1, 0.15) is 0 Å². The molecule has 1 aliphatic carbocycles. The van der Waals surface area contributed by atoms with Crippen molar-refractivity contribution < 1.29 is 9.59 Å². The summed E-state index contributed by atoms with van der Waals surface area (Å²) >= 11 is 1.05. The van der Waals surface area contributed by atoms with Gasteiger partial charge < -0.3 is 0 Å². The molecule has 2 heterocycles. The summed E-state index contributed by atoms with van der Waals surface area (Å²) in [4.78, 5) is 24.3. The molecule has 1 aliphatic rings. The first kappa shape index (κ1) is 10.1. The number of nitrogens with zero attached hydrogens (tertiary/aromatic N) is 2. The number of carbonyl (C=O) groups is 2. The molecule has 16 heavy (non-hydrogen) atoms. The van der Waals surface area contributed by atoms with E-state index in [4.69, 9.17) is 0 Å². The Morgan fingerprint density at radius 3 is 1.81 bits per heavy atom. The number of ketones is 2. The first-order valence-corrected chi connectivity index (χ1v) is 7.07. The Labute approximate surface area is 101 Å². The third kappa shape index (κ3) is 1.09. The molecule has 0 amide bonds. The van der Waals surface area contributed by atoms with Crippen molar-refractivity contribution in [2.75, 3.05) is 0 Å². The number of fused-ring (bicyclic) bond motifs is 2. The van der Waals surface area contributed by atoms with Crippen LogP contribution in [0, 0.1) is 13.8 Å². The Hall–Kier alpha value is -1.10. The Morgan fingerprint density at radius 1 is 0.938 bits per heavy atom. The minimum absolute atomic E-state index is 0.128. The van der Waals surface area contributed by atoms with Crippen molar-refractivity contribution in [3.8, 4) is 0 Å². The second-order valence-corrected chi connectivity index (χ2v) is 7.11. The van der Waals surface area contributed by atoms with Gasteiger partial charge in [-0.2, -0.15) is 0 Å². The van der Waals surface area contributed by atoms with Gasteiger partial charge >= 0.3 is 101 Å². The summed E-state index contributed by atoms with van der Waals surface area (Å²) in [6.07, 6.45) is 0. The van der Waals surface area contributed by atoms with Gasteiger partial charge in [-0.1, -0.05) is 0 Å². The van der Waals surface area contributed by atoms with Crippen molar-refractivity contribution in [2.24, 2.45) is 0 Å². The van der Waals surface area contributed by atoms with E-state index in [-0.39, 0.29) is 37.5 Å². The molecule has 0 saturated heterocycles. The average molecular weight is 297 g/mol. The SMILES string of the molecule is Cc1[se]c(C)c2c1C(=O)c1nsnc1C2=O. The third-order valence-corrected chi connectivity index (χ3v) is 5.30. The Kier molecular flexibility index (Phi) is 2.01. The molecule has 6 heteroatoms. The van der Waals surface area contributed by atoms with Crippen LogP contribution >= 0.6 is 11.7 Å². The van der Waals surface area contributed by atoms with Gasteiger partial charge in [-0.25, -0.2) is 0 Å². The van der Waals surface area contributed by atoms with Crippen LogP contribution in [0.3, 0.4) is 0 Å². The van der Waals surface area contributed by atoms with Crippen LogP contribution in [0.2, 0.25) is 0 Å². The van der Waals surface area contributed by atoms with Crippen molar-refractivity contribution in [1.29, 1.82) is 0 Å². The molecule has 0 aromatic carbocycles. The number of hydrogen-bond donors (Lipinski definition) is 0. The molecule has 3 rings (SSSR count). The van der Waals surface area contributed by atoms with E-state index in [2.05, 4.69) is 8.75 Å². The normalized spacial score (nSPS) is 13.9. The van der Waals surface area contributed by atoms with Crippen LogP contribution in [0.4, 0.5) is 0 Å². The van der Waals surface area contributed by atoms with Gasteiger partial charge in [0.25, 0.3) is 0 Å². The van der Waals surface area contributed by atoms with E-state index in [1.54, 1.807) is 0 Å². The maximum atomic E-state index is 12.1. The quantitative estimate of drug-likeness (QED) is 0.581. The van der Waals surface area contributed by atoms with E-state index in [0.29, 0.717) is 11.1 Å². The summed E-state index contributed by atoms with van der Waals surface area (Å²) in [6, 6.07) is 0. The summed E-state index contributed by atoms with van der Waals surface area (Å²) < 4.78 is 9.89. The van der Waals surface area contributed by atoms with Crippen molar-refractivity contribution >= 4 is 37.8 Å². The zero-order chi connectivity index (χ0) is 11.4. The number of aryl methyl sites for hydroxylation is 2. The topological polar surface area (TPSA) is 59.9 Å². The fraction of sp³-hybridized carbons (Fsp3) is 0.200. The molecule has 2 aromatic rings. The van der Waals surface area contributed by atoms with Crippen LogP contribution in [-0.2, 0) is 0 Å². The van der Waals surface area contributed by atoms with Crippen LogP contribution in [0.5, 0.6) is 0 Å². The van der Waals surface area contributed by atoms with E-state index >= 15 is 0 Å². The van der Waals surface area contributed by atoms with Crippen molar-refractivity contribution in [1.82, 2.24) is 8.75 Å². The fourth-order valence-electron chi connectivity index (χ4n) is 1.95. The first-order chi connectivity index (χ1) is 7.61. The van der Waals surface area contributed by atoms with Gasteiger partial charge in [0.15, 0.2) is 0 Å². The minimum atomic E-state index is -0.130. The molecule has 0 spiro atoms. The second kappa shape index (κ2) is 3.20. The number of rotatable bonds is 0. The third-order valence-electron chi connectivity index (χ3n) is 2.63. The maximum absolute atomic E-state index is 12.1. The molecule has 0 N–H and O–H groups in total. The predicted molar refractivity (Wildman–Crippen MR) is 59.6 cm³/mol. The molecule has 0 fully saturated rings. The van der Waals surface area contributed by atoms with E-state index in [1.807, 2.05) is 13.8 Å². The molecule has 0 bridgehead atoms.